The Morgan fingerprint density at radius 1 is 1.19 bits per heavy atom. The van der Waals surface area contributed by atoms with E-state index in [0.29, 0.717) is 48.5 Å². The Kier molecular flexibility index (Phi) is 5.94. The van der Waals surface area contributed by atoms with Gasteiger partial charge in [-0.05, 0) is 20.2 Å². The summed E-state index contributed by atoms with van der Waals surface area (Å²) in [5.74, 6) is 0.803. The highest BCUT2D eigenvalue weighted by atomic mass is 35.5. The molecule has 0 unspecified atom stereocenters. The summed E-state index contributed by atoms with van der Waals surface area (Å²) < 4.78 is 12.1. The molecule has 0 radical (unpaired) electrons. The van der Waals surface area contributed by atoms with Crippen molar-refractivity contribution in [3.8, 4) is 11.5 Å². The molecule has 0 bridgehead atoms. The van der Waals surface area contributed by atoms with Crippen molar-refractivity contribution in [3.63, 3.8) is 0 Å². The molecule has 9 nitrogen and oxygen atoms in total. The van der Waals surface area contributed by atoms with E-state index >= 15 is 0 Å². The molecule has 1 aromatic heterocycles. The number of carbonyl (C=O) groups excluding carboxylic acids is 1. The van der Waals surface area contributed by atoms with Crippen LogP contribution in [-0.2, 0) is 0 Å². The predicted octanol–water partition coefficient (Wildman–Crippen LogP) is 3.84. The quantitative estimate of drug-likeness (QED) is 0.405. The average molecular weight is 463 g/mol. The maximum atomic E-state index is 13.4. The highest BCUT2D eigenvalue weighted by molar-refractivity contribution is 7.22. The second kappa shape index (κ2) is 8.66. The van der Waals surface area contributed by atoms with Gasteiger partial charge in [0.25, 0.3) is 11.6 Å². The zero-order valence-corrected chi connectivity index (χ0v) is 18.4. The smallest absolute Gasteiger partial charge is 0.270 e. The Morgan fingerprint density at radius 3 is 2.58 bits per heavy atom. The number of rotatable bonds is 6. The third-order valence-electron chi connectivity index (χ3n) is 4.68. The first-order valence-corrected chi connectivity index (χ1v) is 10.6. The van der Waals surface area contributed by atoms with Crippen LogP contribution in [0.4, 0.5) is 10.8 Å². The van der Waals surface area contributed by atoms with Gasteiger partial charge in [-0.1, -0.05) is 22.9 Å². The topological polar surface area (TPSA) is 98.0 Å². The van der Waals surface area contributed by atoms with Gasteiger partial charge in [0.1, 0.15) is 13.2 Å². The maximum Gasteiger partial charge on any atom is 0.270 e. The molecule has 1 aliphatic rings. The van der Waals surface area contributed by atoms with Gasteiger partial charge in [-0.3, -0.25) is 19.8 Å². The number of amides is 1. The molecule has 3 aromatic rings. The minimum absolute atomic E-state index is 0.0554. The van der Waals surface area contributed by atoms with Gasteiger partial charge in [-0.25, -0.2) is 4.98 Å². The first-order chi connectivity index (χ1) is 14.8. The van der Waals surface area contributed by atoms with Crippen molar-refractivity contribution < 1.29 is 19.2 Å². The zero-order chi connectivity index (χ0) is 22.1. The van der Waals surface area contributed by atoms with Crippen LogP contribution in [0.2, 0.25) is 5.02 Å². The summed E-state index contributed by atoms with van der Waals surface area (Å²) in [7, 11) is 3.79. The van der Waals surface area contributed by atoms with Crippen molar-refractivity contribution in [2.45, 2.75) is 0 Å². The summed E-state index contributed by atoms with van der Waals surface area (Å²) in [6, 6.07) is 7.46. The van der Waals surface area contributed by atoms with E-state index in [1.165, 1.54) is 34.4 Å². The van der Waals surface area contributed by atoms with E-state index < -0.39 is 10.8 Å². The van der Waals surface area contributed by atoms with Crippen molar-refractivity contribution in [2.24, 2.45) is 0 Å². The third-order valence-corrected chi connectivity index (χ3v) is 6.05. The van der Waals surface area contributed by atoms with Crippen molar-refractivity contribution in [1.29, 1.82) is 0 Å². The molecule has 2 heterocycles. The van der Waals surface area contributed by atoms with Crippen LogP contribution in [0.25, 0.3) is 10.2 Å². The fourth-order valence-corrected chi connectivity index (χ4v) is 4.29. The number of anilines is 1. The summed E-state index contributed by atoms with van der Waals surface area (Å²) in [6.45, 7) is 1.84. The Hall–Kier alpha value is -2.95. The molecule has 0 atom stereocenters. The molecule has 31 heavy (non-hydrogen) atoms. The van der Waals surface area contributed by atoms with Gasteiger partial charge in [0.2, 0.25) is 0 Å². The van der Waals surface area contributed by atoms with Gasteiger partial charge in [-0.15, -0.1) is 0 Å². The first kappa shape index (κ1) is 21.3. The molecule has 1 amide bonds. The number of hydrogen-bond donors (Lipinski definition) is 0. The lowest BCUT2D eigenvalue weighted by molar-refractivity contribution is -0.384. The largest absolute Gasteiger partial charge is 0.486 e. The van der Waals surface area contributed by atoms with Gasteiger partial charge in [0.05, 0.1) is 25.7 Å². The van der Waals surface area contributed by atoms with E-state index in [1.54, 1.807) is 6.07 Å². The molecule has 4 rings (SSSR count). The molecule has 0 saturated heterocycles. The van der Waals surface area contributed by atoms with Crippen molar-refractivity contribution in [1.82, 2.24) is 9.88 Å². The zero-order valence-electron chi connectivity index (χ0n) is 16.8. The van der Waals surface area contributed by atoms with Crippen LogP contribution in [-0.4, -0.2) is 61.1 Å². The van der Waals surface area contributed by atoms with Gasteiger partial charge in [0, 0.05) is 37.4 Å². The fraction of sp³-hybridized carbons (Fsp3) is 0.300. The molecular weight excluding hydrogens is 444 g/mol. The number of non-ortho nitro benzene ring substituents is 1. The van der Waals surface area contributed by atoms with E-state index in [2.05, 4.69) is 4.98 Å². The molecule has 1 aliphatic heterocycles. The number of halogens is 1. The minimum Gasteiger partial charge on any atom is -0.486 e. The average Bonchev–Trinajstić information content (AvgIpc) is 3.14. The normalized spacial score (nSPS) is 12.9. The molecule has 0 fully saturated rings. The lowest BCUT2D eigenvalue weighted by Crippen LogP contribution is -2.37. The number of thiazole rings is 1. The number of carbonyl (C=O) groups is 1. The van der Waals surface area contributed by atoms with Crippen molar-refractivity contribution >= 4 is 49.9 Å². The summed E-state index contributed by atoms with van der Waals surface area (Å²) in [6.07, 6.45) is 0. The van der Waals surface area contributed by atoms with Crippen molar-refractivity contribution in [2.75, 3.05) is 45.3 Å². The van der Waals surface area contributed by atoms with E-state index in [-0.39, 0.29) is 16.3 Å². The Balaban J connectivity index is 1.75. The van der Waals surface area contributed by atoms with Crippen LogP contribution < -0.4 is 14.4 Å². The molecular formula is C20H19ClN4O5S. The van der Waals surface area contributed by atoms with Crippen LogP contribution in [0.3, 0.4) is 0 Å². The number of nitrogens with zero attached hydrogens (tertiary/aromatic N) is 4. The summed E-state index contributed by atoms with van der Waals surface area (Å²) in [5.41, 5.74) is 0.531. The summed E-state index contributed by atoms with van der Waals surface area (Å²) in [5, 5.41) is 11.8. The van der Waals surface area contributed by atoms with E-state index in [9.17, 15) is 14.9 Å². The van der Waals surface area contributed by atoms with Crippen LogP contribution in [0.1, 0.15) is 10.4 Å². The number of nitro groups is 1. The van der Waals surface area contributed by atoms with Gasteiger partial charge >= 0.3 is 0 Å². The van der Waals surface area contributed by atoms with E-state index in [1.807, 2.05) is 25.1 Å². The van der Waals surface area contributed by atoms with Crippen LogP contribution in [0, 0.1) is 10.1 Å². The Bertz CT molecular complexity index is 1120. The minimum atomic E-state index is -0.556. The fourth-order valence-electron chi connectivity index (χ4n) is 3.09. The number of hydrogen-bond acceptors (Lipinski definition) is 8. The highest BCUT2D eigenvalue weighted by Gasteiger charge is 2.26. The van der Waals surface area contributed by atoms with Crippen molar-refractivity contribution in [3.05, 3.63) is 51.0 Å². The summed E-state index contributed by atoms with van der Waals surface area (Å²) in [4.78, 5) is 32.1. The Morgan fingerprint density at radius 2 is 1.90 bits per heavy atom. The number of ether oxygens (including phenoxy) is 2. The molecule has 162 valence electrons. The molecule has 2 aromatic carbocycles. The Labute approximate surface area is 186 Å². The summed E-state index contributed by atoms with van der Waals surface area (Å²) >= 11 is 7.56. The van der Waals surface area contributed by atoms with E-state index in [0.717, 1.165) is 4.70 Å². The number of nitro benzene ring substituents is 1. The number of likely N-dealkylation sites (N-methyl/N-ethyl adjacent to an activating group) is 1. The molecule has 0 N–H and O–H groups in total. The molecule has 0 saturated carbocycles. The monoisotopic (exact) mass is 462 g/mol. The molecule has 0 aliphatic carbocycles. The molecule has 11 heteroatoms. The number of fused-ring (bicyclic) bond motifs is 2. The SMILES string of the molecule is CN(C)CCN(C(=O)c1cc([N+](=O)[O-])ccc1Cl)c1nc2cc3c(cc2s1)OCCO3. The van der Waals surface area contributed by atoms with Crippen LogP contribution >= 0.6 is 22.9 Å². The number of benzene rings is 2. The predicted molar refractivity (Wildman–Crippen MR) is 119 cm³/mol. The standard InChI is InChI=1S/C20H19ClN4O5S/c1-23(2)5-6-24(19(26)13-9-12(25(27)28)3-4-14(13)21)20-22-15-10-16-17(11-18(15)31-20)30-8-7-29-16/h3-4,9-11H,5-8H2,1-2H3. The lowest BCUT2D eigenvalue weighted by atomic mass is 10.1. The second-order valence-corrected chi connectivity index (χ2v) is 8.56. The third kappa shape index (κ3) is 4.41. The maximum absolute atomic E-state index is 13.4. The lowest BCUT2D eigenvalue weighted by Gasteiger charge is -2.22. The number of aromatic nitrogens is 1. The van der Waals surface area contributed by atoms with Gasteiger partial charge in [0.15, 0.2) is 16.6 Å². The van der Waals surface area contributed by atoms with E-state index in [4.69, 9.17) is 21.1 Å². The van der Waals surface area contributed by atoms with Crippen LogP contribution in [0.15, 0.2) is 30.3 Å². The van der Waals surface area contributed by atoms with Gasteiger partial charge < -0.3 is 14.4 Å². The van der Waals surface area contributed by atoms with Gasteiger partial charge in [-0.2, -0.15) is 0 Å². The first-order valence-electron chi connectivity index (χ1n) is 9.44. The highest BCUT2D eigenvalue weighted by Crippen LogP contribution is 2.39. The second-order valence-electron chi connectivity index (χ2n) is 7.14. The van der Waals surface area contributed by atoms with Crippen LogP contribution in [0.5, 0.6) is 11.5 Å². The molecule has 0 spiro atoms.